The Hall–Kier alpha value is -2.13. The summed E-state index contributed by atoms with van der Waals surface area (Å²) in [5.41, 5.74) is 5.03. The van der Waals surface area contributed by atoms with Gasteiger partial charge >= 0.3 is 0 Å². The molecule has 0 saturated carbocycles. The highest BCUT2D eigenvalue weighted by Gasteiger charge is 2.03. The van der Waals surface area contributed by atoms with Crippen LogP contribution >= 0.6 is 0 Å². The molecule has 3 aromatic rings. The van der Waals surface area contributed by atoms with Crippen LogP contribution in [0.3, 0.4) is 0 Å². The molecule has 0 aliphatic heterocycles. The molecule has 0 spiro atoms. The van der Waals surface area contributed by atoms with Crippen LogP contribution in [-0.2, 0) is 13.1 Å². The SMILES string of the molecule is CNCc1ccc2ccn(Cc3cncc(C)c3)c2c1. The average molecular weight is 265 g/mol. The molecule has 0 radical (unpaired) electrons. The van der Waals surface area contributed by atoms with E-state index in [1.165, 1.54) is 27.6 Å². The first-order valence-corrected chi connectivity index (χ1v) is 6.89. The lowest BCUT2D eigenvalue weighted by molar-refractivity contribution is 0.811. The van der Waals surface area contributed by atoms with Crippen LogP contribution in [0.15, 0.2) is 48.9 Å². The number of fused-ring (bicyclic) bond motifs is 1. The number of hydrogen-bond acceptors (Lipinski definition) is 2. The Morgan fingerprint density at radius 2 is 2.00 bits per heavy atom. The minimum Gasteiger partial charge on any atom is -0.343 e. The summed E-state index contributed by atoms with van der Waals surface area (Å²) in [6.45, 7) is 3.84. The summed E-state index contributed by atoms with van der Waals surface area (Å²) in [5, 5.41) is 4.48. The van der Waals surface area contributed by atoms with E-state index in [4.69, 9.17) is 0 Å². The van der Waals surface area contributed by atoms with Crippen LogP contribution in [-0.4, -0.2) is 16.6 Å². The number of benzene rings is 1. The number of nitrogens with zero attached hydrogens (tertiary/aromatic N) is 2. The predicted molar refractivity (Wildman–Crippen MR) is 82.8 cm³/mol. The Bertz CT molecular complexity index is 728. The standard InChI is InChI=1S/C17H19N3/c1-13-7-15(11-19-9-13)12-20-6-5-16-4-3-14(10-18-2)8-17(16)20/h3-9,11,18H,10,12H2,1-2H3. The average Bonchev–Trinajstić information content (AvgIpc) is 2.82. The summed E-state index contributed by atoms with van der Waals surface area (Å²) in [6.07, 6.45) is 5.98. The third-order valence-corrected chi connectivity index (χ3v) is 3.50. The van der Waals surface area contributed by atoms with Gasteiger partial charge in [-0.1, -0.05) is 18.2 Å². The molecular weight excluding hydrogens is 246 g/mol. The fourth-order valence-corrected chi connectivity index (χ4v) is 2.58. The summed E-state index contributed by atoms with van der Waals surface area (Å²) in [7, 11) is 1.97. The van der Waals surface area contributed by atoms with Crippen LogP contribution in [0.25, 0.3) is 10.9 Å². The van der Waals surface area contributed by atoms with Crippen LogP contribution < -0.4 is 5.32 Å². The van der Waals surface area contributed by atoms with Crippen molar-refractivity contribution in [3.05, 3.63) is 65.6 Å². The highest BCUT2D eigenvalue weighted by molar-refractivity contribution is 5.80. The lowest BCUT2D eigenvalue weighted by Gasteiger charge is -2.07. The first-order valence-electron chi connectivity index (χ1n) is 6.89. The van der Waals surface area contributed by atoms with Gasteiger partial charge in [0.25, 0.3) is 0 Å². The molecule has 20 heavy (non-hydrogen) atoms. The quantitative estimate of drug-likeness (QED) is 0.785. The summed E-state index contributed by atoms with van der Waals surface area (Å²) in [5.74, 6) is 0. The Kier molecular flexibility index (Phi) is 3.52. The molecule has 0 saturated heterocycles. The monoisotopic (exact) mass is 265 g/mol. The normalized spacial score (nSPS) is 11.1. The second-order valence-electron chi connectivity index (χ2n) is 5.24. The number of aromatic nitrogens is 2. The van der Waals surface area contributed by atoms with Crippen LogP contribution in [0.2, 0.25) is 0 Å². The molecule has 3 heteroatoms. The molecule has 0 amide bonds. The zero-order valence-electron chi connectivity index (χ0n) is 11.9. The minimum absolute atomic E-state index is 0.862. The van der Waals surface area contributed by atoms with Crippen molar-refractivity contribution in [1.29, 1.82) is 0 Å². The Morgan fingerprint density at radius 3 is 2.80 bits per heavy atom. The molecule has 3 nitrogen and oxygen atoms in total. The largest absolute Gasteiger partial charge is 0.343 e. The van der Waals surface area contributed by atoms with Gasteiger partial charge in [0.15, 0.2) is 0 Å². The minimum atomic E-state index is 0.862. The van der Waals surface area contributed by atoms with Gasteiger partial charge in [-0.05, 0) is 48.2 Å². The summed E-state index contributed by atoms with van der Waals surface area (Å²) in [6, 6.07) is 11.0. The van der Waals surface area contributed by atoms with E-state index in [0.717, 1.165) is 13.1 Å². The van der Waals surface area contributed by atoms with Crippen molar-refractivity contribution in [2.75, 3.05) is 7.05 Å². The van der Waals surface area contributed by atoms with E-state index in [9.17, 15) is 0 Å². The van der Waals surface area contributed by atoms with Crippen LogP contribution in [0.1, 0.15) is 16.7 Å². The van der Waals surface area contributed by atoms with E-state index in [2.05, 4.69) is 58.3 Å². The van der Waals surface area contributed by atoms with E-state index in [0.29, 0.717) is 0 Å². The highest BCUT2D eigenvalue weighted by Crippen LogP contribution is 2.19. The van der Waals surface area contributed by atoms with Gasteiger partial charge in [0.05, 0.1) is 0 Å². The van der Waals surface area contributed by atoms with Crippen LogP contribution in [0.5, 0.6) is 0 Å². The molecule has 1 N–H and O–H groups in total. The summed E-state index contributed by atoms with van der Waals surface area (Å²) < 4.78 is 2.28. The van der Waals surface area contributed by atoms with Crippen LogP contribution in [0.4, 0.5) is 0 Å². The number of nitrogens with one attached hydrogen (secondary N) is 1. The molecule has 0 unspecified atom stereocenters. The van der Waals surface area contributed by atoms with Crippen molar-refractivity contribution < 1.29 is 0 Å². The van der Waals surface area contributed by atoms with Gasteiger partial charge in [-0.25, -0.2) is 0 Å². The predicted octanol–water partition coefficient (Wildman–Crippen LogP) is 3.11. The Balaban J connectivity index is 1.96. The highest BCUT2D eigenvalue weighted by atomic mass is 15.0. The molecule has 0 fully saturated rings. The zero-order valence-corrected chi connectivity index (χ0v) is 11.9. The molecule has 0 bridgehead atoms. The van der Waals surface area contributed by atoms with Gasteiger partial charge in [-0.15, -0.1) is 0 Å². The number of pyridine rings is 1. The smallest absolute Gasteiger partial charge is 0.0491 e. The molecular formula is C17H19N3. The lowest BCUT2D eigenvalue weighted by atomic mass is 10.1. The number of hydrogen-bond donors (Lipinski definition) is 1. The van der Waals surface area contributed by atoms with Crippen molar-refractivity contribution in [2.45, 2.75) is 20.0 Å². The van der Waals surface area contributed by atoms with Crippen molar-refractivity contribution in [3.63, 3.8) is 0 Å². The molecule has 102 valence electrons. The van der Waals surface area contributed by atoms with E-state index in [1.54, 1.807) is 0 Å². The van der Waals surface area contributed by atoms with Crippen molar-refractivity contribution in [2.24, 2.45) is 0 Å². The topological polar surface area (TPSA) is 29.9 Å². The van der Waals surface area contributed by atoms with Crippen molar-refractivity contribution in [1.82, 2.24) is 14.9 Å². The first-order chi connectivity index (χ1) is 9.76. The Labute approximate surface area is 119 Å². The number of aryl methyl sites for hydroxylation is 1. The van der Waals surface area contributed by atoms with Crippen molar-refractivity contribution in [3.8, 4) is 0 Å². The van der Waals surface area contributed by atoms with Crippen LogP contribution in [0, 0.1) is 6.92 Å². The van der Waals surface area contributed by atoms with Gasteiger partial charge < -0.3 is 9.88 Å². The second-order valence-corrected chi connectivity index (χ2v) is 5.24. The second kappa shape index (κ2) is 5.47. The van der Waals surface area contributed by atoms with Gasteiger partial charge in [-0.3, -0.25) is 4.98 Å². The van der Waals surface area contributed by atoms with Gasteiger partial charge in [0, 0.05) is 37.2 Å². The van der Waals surface area contributed by atoms with Gasteiger partial charge in [0.1, 0.15) is 0 Å². The maximum absolute atomic E-state index is 4.27. The lowest BCUT2D eigenvalue weighted by Crippen LogP contribution is -2.05. The fraction of sp³-hybridized carbons (Fsp3) is 0.235. The van der Waals surface area contributed by atoms with Crippen molar-refractivity contribution >= 4 is 10.9 Å². The van der Waals surface area contributed by atoms with E-state index in [1.807, 2.05) is 19.4 Å². The third kappa shape index (κ3) is 2.58. The molecule has 0 aliphatic rings. The molecule has 2 aromatic heterocycles. The molecule has 0 atom stereocenters. The third-order valence-electron chi connectivity index (χ3n) is 3.50. The first kappa shape index (κ1) is 12.9. The molecule has 1 aromatic carbocycles. The molecule has 3 rings (SSSR count). The maximum Gasteiger partial charge on any atom is 0.0491 e. The molecule has 2 heterocycles. The summed E-state index contributed by atoms with van der Waals surface area (Å²) in [4.78, 5) is 4.27. The Morgan fingerprint density at radius 1 is 1.10 bits per heavy atom. The van der Waals surface area contributed by atoms with E-state index in [-0.39, 0.29) is 0 Å². The summed E-state index contributed by atoms with van der Waals surface area (Å²) >= 11 is 0. The van der Waals surface area contributed by atoms with E-state index >= 15 is 0 Å². The molecule has 0 aliphatic carbocycles. The number of rotatable bonds is 4. The van der Waals surface area contributed by atoms with Gasteiger partial charge in [-0.2, -0.15) is 0 Å². The van der Waals surface area contributed by atoms with Gasteiger partial charge in [0.2, 0.25) is 0 Å². The maximum atomic E-state index is 4.27. The zero-order chi connectivity index (χ0) is 13.9. The fourth-order valence-electron chi connectivity index (χ4n) is 2.58. The van der Waals surface area contributed by atoms with E-state index < -0.39 is 0 Å².